The first-order chi connectivity index (χ1) is 7.85. The van der Waals surface area contributed by atoms with E-state index in [2.05, 4.69) is 0 Å². The third-order valence-electron chi connectivity index (χ3n) is 2.59. The van der Waals surface area contributed by atoms with Crippen molar-refractivity contribution in [1.29, 1.82) is 0 Å². The van der Waals surface area contributed by atoms with Crippen LogP contribution in [-0.2, 0) is 16.0 Å². The molecule has 0 amide bonds. The number of ether oxygens (including phenoxy) is 1. The molecule has 0 radical (unpaired) electrons. The molecule has 1 aromatic carbocycles. The molecule has 0 saturated carbocycles. The molecule has 0 aromatic heterocycles. The number of rotatable bonds is 5. The summed E-state index contributed by atoms with van der Waals surface area (Å²) in [6, 6.07) is 3.83. The molecule has 0 fully saturated rings. The van der Waals surface area contributed by atoms with Crippen molar-refractivity contribution in [3.8, 4) is 0 Å². The highest BCUT2D eigenvalue weighted by Gasteiger charge is 2.22. The van der Waals surface area contributed by atoms with E-state index in [1.807, 2.05) is 0 Å². The quantitative estimate of drug-likeness (QED) is 0.793. The maximum atomic E-state index is 13.3. The van der Waals surface area contributed by atoms with E-state index in [9.17, 15) is 13.6 Å². The Morgan fingerprint density at radius 2 is 2.00 bits per heavy atom. The molecule has 0 bridgehead atoms. The molecule has 1 aromatic rings. The molecule has 0 N–H and O–H groups in total. The first-order valence-electron chi connectivity index (χ1n) is 5.35. The molecule has 0 unspecified atom stereocenters. The summed E-state index contributed by atoms with van der Waals surface area (Å²) in [6.07, 6.45) is 0.0514. The van der Waals surface area contributed by atoms with Crippen molar-refractivity contribution >= 4 is 5.78 Å². The summed E-state index contributed by atoms with van der Waals surface area (Å²) in [7, 11) is 1.51. The van der Waals surface area contributed by atoms with Gasteiger partial charge in [-0.3, -0.25) is 4.79 Å². The lowest BCUT2D eigenvalue weighted by Gasteiger charge is -2.21. The lowest BCUT2D eigenvalue weighted by atomic mass is 9.97. The van der Waals surface area contributed by atoms with Gasteiger partial charge in [-0.15, -0.1) is 0 Å². The number of methoxy groups -OCH3 is 1. The fourth-order valence-electron chi connectivity index (χ4n) is 1.51. The van der Waals surface area contributed by atoms with Gasteiger partial charge in [0.1, 0.15) is 5.78 Å². The molecule has 2 nitrogen and oxygen atoms in total. The van der Waals surface area contributed by atoms with Crippen LogP contribution in [0.25, 0.3) is 0 Å². The Morgan fingerprint density at radius 3 is 2.59 bits per heavy atom. The van der Waals surface area contributed by atoms with Gasteiger partial charge in [0, 0.05) is 20.0 Å². The number of benzene rings is 1. The van der Waals surface area contributed by atoms with Crippen LogP contribution >= 0.6 is 0 Å². The van der Waals surface area contributed by atoms with E-state index in [-0.39, 0.29) is 24.2 Å². The van der Waals surface area contributed by atoms with E-state index >= 15 is 0 Å². The molecule has 0 aliphatic heterocycles. The Hall–Kier alpha value is -1.29. The van der Waals surface area contributed by atoms with Crippen molar-refractivity contribution in [2.45, 2.75) is 32.3 Å². The lowest BCUT2D eigenvalue weighted by Crippen LogP contribution is -2.27. The van der Waals surface area contributed by atoms with Gasteiger partial charge in [0.05, 0.1) is 5.60 Å². The molecular formula is C13H16F2O2. The smallest absolute Gasteiger partial charge is 0.162 e. The predicted octanol–water partition coefficient (Wildman–Crippen LogP) is 2.89. The van der Waals surface area contributed by atoms with Crippen molar-refractivity contribution in [2.24, 2.45) is 0 Å². The molecule has 94 valence electrons. The second-order valence-electron chi connectivity index (χ2n) is 4.57. The van der Waals surface area contributed by atoms with Crippen LogP contribution in [0.4, 0.5) is 8.78 Å². The number of Topliss-reactive ketones (excluding diaryl/α,β-unsaturated/α-hetero) is 1. The maximum Gasteiger partial charge on any atom is 0.162 e. The number of halogens is 2. The van der Waals surface area contributed by atoms with Crippen molar-refractivity contribution in [1.82, 2.24) is 0 Å². The molecule has 0 aliphatic rings. The first kappa shape index (κ1) is 13.8. The zero-order valence-corrected chi connectivity index (χ0v) is 10.2. The zero-order valence-electron chi connectivity index (χ0n) is 10.2. The van der Waals surface area contributed by atoms with Crippen molar-refractivity contribution in [3.05, 3.63) is 35.4 Å². The van der Waals surface area contributed by atoms with Gasteiger partial charge in [0.15, 0.2) is 11.6 Å². The average molecular weight is 242 g/mol. The topological polar surface area (TPSA) is 26.3 Å². The van der Waals surface area contributed by atoms with Crippen LogP contribution in [-0.4, -0.2) is 18.5 Å². The fourth-order valence-corrected chi connectivity index (χ4v) is 1.51. The Bertz CT molecular complexity index is 414. The highest BCUT2D eigenvalue weighted by atomic mass is 19.2. The predicted molar refractivity (Wildman–Crippen MR) is 60.8 cm³/mol. The van der Waals surface area contributed by atoms with Gasteiger partial charge in [-0.25, -0.2) is 8.78 Å². The summed E-state index contributed by atoms with van der Waals surface area (Å²) in [5.41, 5.74) is -0.497. The zero-order chi connectivity index (χ0) is 13.1. The van der Waals surface area contributed by atoms with Crippen LogP contribution in [0.3, 0.4) is 0 Å². The monoisotopic (exact) mass is 242 g/mol. The van der Waals surface area contributed by atoms with Gasteiger partial charge in [-0.2, -0.15) is 0 Å². The Kier molecular flexibility index (Phi) is 4.34. The summed E-state index contributed by atoms with van der Waals surface area (Å²) in [6.45, 7) is 3.54. The van der Waals surface area contributed by atoms with Crippen molar-refractivity contribution in [2.75, 3.05) is 7.11 Å². The molecule has 0 saturated heterocycles. The van der Waals surface area contributed by atoms with Crippen molar-refractivity contribution in [3.63, 3.8) is 0 Å². The minimum absolute atomic E-state index is 0.0851. The van der Waals surface area contributed by atoms with Crippen LogP contribution in [0, 0.1) is 11.6 Å². The largest absolute Gasteiger partial charge is 0.378 e. The number of hydrogen-bond acceptors (Lipinski definition) is 2. The van der Waals surface area contributed by atoms with E-state index in [4.69, 9.17) is 4.74 Å². The van der Waals surface area contributed by atoms with Crippen LogP contribution in [0.5, 0.6) is 0 Å². The number of ketones is 1. The van der Waals surface area contributed by atoms with Crippen LogP contribution in [0.15, 0.2) is 18.2 Å². The molecular weight excluding hydrogens is 226 g/mol. The molecule has 4 heteroatoms. The first-order valence-corrected chi connectivity index (χ1v) is 5.35. The molecule has 1 rings (SSSR count). The fraction of sp³-hybridized carbons (Fsp3) is 0.462. The molecule has 17 heavy (non-hydrogen) atoms. The highest BCUT2D eigenvalue weighted by Crippen LogP contribution is 2.17. The number of carbonyl (C=O) groups is 1. The Balaban J connectivity index is 2.72. The number of carbonyl (C=O) groups excluding carboxylic acids is 1. The number of hydrogen-bond donors (Lipinski definition) is 0. The standard InChI is InChI=1S/C13H16F2O2/c1-13(2,17-3)8-10(16)7-9-5-4-6-11(14)12(9)15/h4-6H,7-8H2,1-3H3. The van der Waals surface area contributed by atoms with Crippen molar-refractivity contribution < 1.29 is 18.3 Å². The normalized spacial score (nSPS) is 11.6. The summed E-state index contributed by atoms with van der Waals surface area (Å²) in [5, 5.41) is 0. The van der Waals surface area contributed by atoms with E-state index in [1.165, 1.54) is 19.2 Å². The van der Waals surface area contributed by atoms with Crippen LogP contribution in [0.1, 0.15) is 25.8 Å². The third kappa shape index (κ3) is 3.89. The SMILES string of the molecule is COC(C)(C)CC(=O)Cc1cccc(F)c1F. The third-order valence-corrected chi connectivity index (χ3v) is 2.59. The van der Waals surface area contributed by atoms with Gasteiger partial charge in [-0.1, -0.05) is 12.1 Å². The van der Waals surface area contributed by atoms with E-state index in [0.29, 0.717) is 0 Å². The van der Waals surface area contributed by atoms with Gasteiger partial charge < -0.3 is 4.74 Å². The van der Waals surface area contributed by atoms with E-state index in [0.717, 1.165) is 6.07 Å². The van der Waals surface area contributed by atoms with Crippen LogP contribution < -0.4 is 0 Å². The summed E-state index contributed by atoms with van der Waals surface area (Å²) in [4.78, 5) is 11.7. The van der Waals surface area contributed by atoms with Gasteiger partial charge in [0.25, 0.3) is 0 Å². The van der Waals surface area contributed by atoms with Gasteiger partial charge in [-0.05, 0) is 25.5 Å². The minimum atomic E-state index is -0.948. The molecule has 0 heterocycles. The van der Waals surface area contributed by atoms with Gasteiger partial charge in [0.2, 0.25) is 0 Å². The van der Waals surface area contributed by atoms with E-state index in [1.54, 1.807) is 13.8 Å². The Morgan fingerprint density at radius 1 is 1.35 bits per heavy atom. The molecule has 0 atom stereocenters. The molecule has 0 aliphatic carbocycles. The minimum Gasteiger partial charge on any atom is -0.378 e. The van der Waals surface area contributed by atoms with E-state index < -0.39 is 17.2 Å². The van der Waals surface area contributed by atoms with Gasteiger partial charge >= 0.3 is 0 Å². The highest BCUT2D eigenvalue weighted by molar-refractivity contribution is 5.81. The maximum absolute atomic E-state index is 13.3. The summed E-state index contributed by atoms with van der Waals surface area (Å²) >= 11 is 0. The lowest BCUT2D eigenvalue weighted by molar-refractivity contribution is -0.123. The molecule has 0 spiro atoms. The Labute approximate surface area is 99.6 Å². The second kappa shape index (κ2) is 5.36. The van der Waals surface area contributed by atoms with Crippen LogP contribution in [0.2, 0.25) is 0 Å². The average Bonchev–Trinajstić information content (AvgIpc) is 2.24. The second-order valence-corrected chi connectivity index (χ2v) is 4.57. The summed E-state index contributed by atoms with van der Waals surface area (Å²) < 4.78 is 31.4. The summed E-state index contributed by atoms with van der Waals surface area (Å²) in [5.74, 6) is -2.06.